The topological polar surface area (TPSA) is 32.6 Å². The lowest BCUT2D eigenvalue weighted by Crippen LogP contribution is -2.28. The second-order valence-electron chi connectivity index (χ2n) is 6.50. The number of phenolic OH excluding ortho intramolecular Hbond substituents is 1. The standard InChI is InChI=1S/C16H19NO/c18-15-3-1-2-11(7-15)10-17-16-8-12-4-13(9-16)6-14(16)5-12/h1-3,7,10,12-14,18H,4-6,8-9H2/b17-10+. The molecule has 2 unspecified atom stereocenters. The van der Waals surface area contributed by atoms with Gasteiger partial charge < -0.3 is 5.11 Å². The molecule has 0 aromatic heterocycles. The van der Waals surface area contributed by atoms with Crippen LogP contribution in [0, 0.1) is 17.8 Å². The second-order valence-corrected chi connectivity index (χ2v) is 6.50. The number of hydrogen-bond donors (Lipinski definition) is 1. The lowest BCUT2D eigenvalue weighted by molar-refractivity contribution is 0.269. The van der Waals surface area contributed by atoms with Gasteiger partial charge in [-0.15, -0.1) is 0 Å². The monoisotopic (exact) mass is 241 g/mol. The highest BCUT2D eigenvalue weighted by Gasteiger charge is 2.57. The number of benzene rings is 1. The van der Waals surface area contributed by atoms with E-state index in [2.05, 4.69) is 0 Å². The van der Waals surface area contributed by atoms with Gasteiger partial charge in [0.05, 0.1) is 5.54 Å². The van der Waals surface area contributed by atoms with Crippen LogP contribution in [0.2, 0.25) is 0 Å². The number of phenols is 1. The smallest absolute Gasteiger partial charge is 0.116 e. The van der Waals surface area contributed by atoms with Crippen LogP contribution in [0.3, 0.4) is 0 Å². The molecule has 4 saturated carbocycles. The summed E-state index contributed by atoms with van der Waals surface area (Å²) in [5, 5.41) is 9.48. The van der Waals surface area contributed by atoms with Gasteiger partial charge in [0, 0.05) is 6.21 Å². The fourth-order valence-corrected chi connectivity index (χ4v) is 4.77. The summed E-state index contributed by atoms with van der Waals surface area (Å²) in [6.07, 6.45) is 8.89. The molecule has 0 aliphatic heterocycles. The van der Waals surface area contributed by atoms with Crippen molar-refractivity contribution in [3.8, 4) is 5.75 Å². The van der Waals surface area contributed by atoms with Gasteiger partial charge in [0.15, 0.2) is 0 Å². The molecule has 4 bridgehead atoms. The zero-order valence-electron chi connectivity index (χ0n) is 10.5. The van der Waals surface area contributed by atoms with Crippen molar-refractivity contribution in [2.75, 3.05) is 0 Å². The van der Waals surface area contributed by atoms with E-state index in [9.17, 15) is 5.11 Å². The first-order valence-corrected chi connectivity index (χ1v) is 7.08. The number of nitrogens with zero attached hydrogens (tertiary/aromatic N) is 1. The maximum atomic E-state index is 9.48. The Balaban J connectivity index is 1.62. The van der Waals surface area contributed by atoms with Gasteiger partial charge in [-0.05, 0) is 67.6 Å². The first kappa shape index (κ1) is 10.6. The molecule has 1 aromatic carbocycles. The Morgan fingerprint density at radius 3 is 2.67 bits per heavy atom. The van der Waals surface area contributed by atoms with Crippen molar-refractivity contribution in [2.45, 2.75) is 37.6 Å². The molecule has 18 heavy (non-hydrogen) atoms. The van der Waals surface area contributed by atoms with Gasteiger partial charge in [-0.1, -0.05) is 12.1 Å². The van der Waals surface area contributed by atoms with Crippen LogP contribution in [-0.2, 0) is 0 Å². The lowest BCUT2D eigenvalue weighted by atomic mass is 9.80. The van der Waals surface area contributed by atoms with E-state index in [1.54, 1.807) is 12.1 Å². The molecule has 0 heterocycles. The average Bonchev–Trinajstić information content (AvgIpc) is 2.73. The van der Waals surface area contributed by atoms with Crippen molar-refractivity contribution < 1.29 is 5.11 Å². The molecule has 0 amide bonds. The van der Waals surface area contributed by atoms with Gasteiger partial charge in [0.1, 0.15) is 5.75 Å². The van der Waals surface area contributed by atoms with Gasteiger partial charge in [-0.25, -0.2) is 0 Å². The zero-order chi connectivity index (χ0) is 12.2. The van der Waals surface area contributed by atoms with E-state index in [0.717, 1.165) is 23.3 Å². The summed E-state index contributed by atoms with van der Waals surface area (Å²) in [6.45, 7) is 0. The van der Waals surface area contributed by atoms with E-state index < -0.39 is 0 Å². The Morgan fingerprint density at radius 1 is 1.17 bits per heavy atom. The third-order valence-electron chi connectivity index (χ3n) is 5.29. The molecular weight excluding hydrogens is 222 g/mol. The van der Waals surface area contributed by atoms with Crippen molar-refractivity contribution in [2.24, 2.45) is 22.7 Å². The molecule has 4 aliphatic rings. The Hall–Kier alpha value is -1.31. The zero-order valence-corrected chi connectivity index (χ0v) is 10.5. The van der Waals surface area contributed by atoms with E-state index in [4.69, 9.17) is 4.99 Å². The fourth-order valence-electron chi connectivity index (χ4n) is 4.77. The first-order valence-electron chi connectivity index (χ1n) is 7.08. The van der Waals surface area contributed by atoms with Crippen molar-refractivity contribution in [3.05, 3.63) is 29.8 Å². The second kappa shape index (κ2) is 3.59. The third kappa shape index (κ3) is 1.51. The molecule has 4 aliphatic carbocycles. The quantitative estimate of drug-likeness (QED) is 0.791. The Labute approximate surface area is 108 Å². The van der Waals surface area contributed by atoms with Crippen LogP contribution in [0.1, 0.15) is 37.7 Å². The van der Waals surface area contributed by atoms with Gasteiger partial charge in [-0.3, -0.25) is 4.99 Å². The Morgan fingerprint density at radius 2 is 1.94 bits per heavy atom. The molecule has 0 spiro atoms. The molecule has 5 rings (SSSR count). The van der Waals surface area contributed by atoms with Crippen LogP contribution in [-0.4, -0.2) is 16.9 Å². The fraction of sp³-hybridized carbons (Fsp3) is 0.562. The molecule has 4 fully saturated rings. The summed E-state index contributed by atoms with van der Waals surface area (Å²) >= 11 is 0. The predicted molar refractivity (Wildman–Crippen MR) is 72.0 cm³/mol. The summed E-state index contributed by atoms with van der Waals surface area (Å²) in [5.74, 6) is 3.07. The highest BCUT2D eigenvalue weighted by Crippen LogP contribution is 2.62. The van der Waals surface area contributed by atoms with E-state index in [1.165, 1.54) is 32.1 Å². The average molecular weight is 241 g/mol. The normalized spacial score (nSPS) is 41.0. The molecule has 2 nitrogen and oxygen atoms in total. The number of aliphatic imine (C=N–C) groups is 1. The van der Waals surface area contributed by atoms with Crippen LogP contribution in [0.25, 0.3) is 0 Å². The highest BCUT2D eigenvalue weighted by molar-refractivity contribution is 5.80. The number of rotatable bonds is 2. The van der Waals surface area contributed by atoms with E-state index in [1.807, 2.05) is 18.3 Å². The Bertz CT molecular complexity index is 494. The predicted octanol–water partition coefficient (Wildman–Crippen LogP) is 3.39. The minimum atomic E-state index is 0.263. The van der Waals surface area contributed by atoms with Crippen LogP contribution in [0.5, 0.6) is 5.75 Å². The molecular formula is C16H19NO. The molecule has 2 heteroatoms. The van der Waals surface area contributed by atoms with Gasteiger partial charge >= 0.3 is 0 Å². The minimum Gasteiger partial charge on any atom is -0.508 e. The maximum absolute atomic E-state index is 9.48. The highest BCUT2D eigenvalue weighted by atomic mass is 16.3. The van der Waals surface area contributed by atoms with Crippen molar-refractivity contribution in [3.63, 3.8) is 0 Å². The molecule has 1 N–H and O–H groups in total. The minimum absolute atomic E-state index is 0.263. The molecule has 0 saturated heterocycles. The summed E-state index contributed by atoms with van der Waals surface area (Å²) < 4.78 is 0. The van der Waals surface area contributed by atoms with Crippen molar-refractivity contribution in [1.82, 2.24) is 0 Å². The molecule has 0 radical (unpaired) electrons. The number of aromatic hydroxyl groups is 1. The van der Waals surface area contributed by atoms with Crippen LogP contribution in [0.15, 0.2) is 29.3 Å². The molecule has 2 atom stereocenters. The third-order valence-corrected chi connectivity index (χ3v) is 5.29. The van der Waals surface area contributed by atoms with Gasteiger partial charge in [0.2, 0.25) is 0 Å². The largest absolute Gasteiger partial charge is 0.508 e. The van der Waals surface area contributed by atoms with Gasteiger partial charge in [0.25, 0.3) is 0 Å². The summed E-state index contributed by atoms with van der Waals surface area (Å²) in [4.78, 5) is 4.97. The summed E-state index contributed by atoms with van der Waals surface area (Å²) in [7, 11) is 0. The van der Waals surface area contributed by atoms with Crippen LogP contribution < -0.4 is 0 Å². The molecule has 94 valence electrons. The summed E-state index contributed by atoms with van der Waals surface area (Å²) in [6, 6.07) is 7.39. The number of hydrogen-bond acceptors (Lipinski definition) is 2. The van der Waals surface area contributed by atoms with E-state index in [-0.39, 0.29) is 5.54 Å². The SMILES string of the molecule is Oc1cccc(/C=N/C23CC4CC(CC2C4)C3)c1. The summed E-state index contributed by atoms with van der Waals surface area (Å²) in [5.41, 5.74) is 1.29. The lowest BCUT2D eigenvalue weighted by Gasteiger charge is -2.29. The Kier molecular flexibility index (Phi) is 2.12. The van der Waals surface area contributed by atoms with Crippen LogP contribution in [0.4, 0.5) is 0 Å². The molecule has 1 aromatic rings. The first-order chi connectivity index (χ1) is 8.73. The van der Waals surface area contributed by atoms with E-state index in [0.29, 0.717) is 5.75 Å². The van der Waals surface area contributed by atoms with E-state index >= 15 is 0 Å². The van der Waals surface area contributed by atoms with Crippen molar-refractivity contribution >= 4 is 6.21 Å². The van der Waals surface area contributed by atoms with Crippen LogP contribution >= 0.6 is 0 Å². The maximum Gasteiger partial charge on any atom is 0.116 e. The van der Waals surface area contributed by atoms with Crippen molar-refractivity contribution in [1.29, 1.82) is 0 Å². The van der Waals surface area contributed by atoms with Gasteiger partial charge in [-0.2, -0.15) is 0 Å².